The second-order valence-corrected chi connectivity index (χ2v) is 6.28. The average Bonchev–Trinajstić information content (AvgIpc) is 2.42. The van der Waals surface area contributed by atoms with E-state index in [9.17, 15) is 9.50 Å². The van der Waals surface area contributed by atoms with E-state index in [4.69, 9.17) is 23.2 Å². The van der Waals surface area contributed by atoms with Gasteiger partial charge in [-0.05, 0) is 29.8 Å². The highest BCUT2D eigenvalue weighted by Gasteiger charge is 2.12. The summed E-state index contributed by atoms with van der Waals surface area (Å²) in [6.45, 7) is 0. The van der Waals surface area contributed by atoms with Crippen LogP contribution < -0.4 is 0 Å². The van der Waals surface area contributed by atoms with Gasteiger partial charge in [-0.1, -0.05) is 41.4 Å². The van der Waals surface area contributed by atoms with Crippen molar-refractivity contribution in [3.05, 3.63) is 63.9 Å². The Morgan fingerprint density at radius 1 is 1.15 bits per heavy atom. The quantitative estimate of drug-likeness (QED) is 0.792. The summed E-state index contributed by atoms with van der Waals surface area (Å²) in [6.07, 6.45) is -0.410. The van der Waals surface area contributed by atoms with E-state index in [1.165, 1.54) is 17.8 Å². The standard InChI is InChI=1S/C15H13Cl2FOS/c16-11-4-2-5-13(8-11)20-9-12(19)7-10-3-1-6-14(17)15(10)18/h1-6,8,12,19H,7,9H2. The molecule has 2 aromatic rings. The SMILES string of the molecule is OC(CSc1cccc(Cl)c1)Cc1cccc(Cl)c1F. The van der Waals surface area contributed by atoms with E-state index in [-0.39, 0.29) is 11.4 Å². The van der Waals surface area contributed by atoms with Crippen molar-refractivity contribution in [3.8, 4) is 0 Å². The Labute approximate surface area is 131 Å². The Hall–Kier alpha value is -0.740. The number of rotatable bonds is 5. The zero-order valence-corrected chi connectivity index (χ0v) is 12.9. The molecular weight excluding hydrogens is 318 g/mol. The van der Waals surface area contributed by atoms with Crippen LogP contribution >= 0.6 is 35.0 Å². The van der Waals surface area contributed by atoms with Crippen LogP contribution in [0.1, 0.15) is 5.56 Å². The molecule has 0 aliphatic carbocycles. The monoisotopic (exact) mass is 330 g/mol. The maximum atomic E-state index is 13.7. The van der Waals surface area contributed by atoms with E-state index in [2.05, 4.69) is 0 Å². The van der Waals surface area contributed by atoms with Crippen LogP contribution in [0.25, 0.3) is 0 Å². The van der Waals surface area contributed by atoms with Crippen LogP contribution in [0.4, 0.5) is 4.39 Å². The first-order valence-electron chi connectivity index (χ1n) is 6.05. The smallest absolute Gasteiger partial charge is 0.145 e. The largest absolute Gasteiger partial charge is 0.392 e. The van der Waals surface area contributed by atoms with Gasteiger partial charge in [-0.2, -0.15) is 0 Å². The van der Waals surface area contributed by atoms with Crippen molar-refractivity contribution in [1.29, 1.82) is 0 Å². The van der Waals surface area contributed by atoms with Gasteiger partial charge >= 0.3 is 0 Å². The maximum absolute atomic E-state index is 13.7. The average molecular weight is 331 g/mol. The van der Waals surface area contributed by atoms with Crippen LogP contribution in [0.2, 0.25) is 10.0 Å². The van der Waals surface area contributed by atoms with Gasteiger partial charge in [-0.3, -0.25) is 0 Å². The fourth-order valence-corrected chi connectivity index (χ4v) is 3.10. The third kappa shape index (κ3) is 4.38. The maximum Gasteiger partial charge on any atom is 0.145 e. The minimum atomic E-state index is -0.646. The molecule has 20 heavy (non-hydrogen) atoms. The summed E-state index contributed by atoms with van der Waals surface area (Å²) in [5.41, 5.74) is 0.427. The number of aliphatic hydroxyl groups is 1. The zero-order valence-electron chi connectivity index (χ0n) is 10.5. The number of thioether (sulfide) groups is 1. The highest BCUT2D eigenvalue weighted by Crippen LogP contribution is 2.24. The number of hydrogen-bond acceptors (Lipinski definition) is 2. The summed E-state index contributed by atoms with van der Waals surface area (Å²) < 4.78 is 13.7. The summed E-state index contributed by atoms with van der Waals surface area (Å²) >= 11 is 13.1. The zero-order chi connectivity index (χ0) is 14.5. The van der Waals surface area contributed by atoms with Gasteiger partial charge in [0.05, 0.1) is 11.1 Å². The molecule has 2 rings (SSSR count). The molecule has 0 aromatic heterocycles. The minimum Gasteiger partial charge on any atom is -0.392 e. The summed E-state index contributed by atoms with van der Waals surface area (Å²) in [7, 11) is 0. The number of benzene rings is 2. The van der Waals surface area contributed by atoms with Crippen LogP contribution in [0, 0.1) is 5.82 Å². The molecule has 0 bridgehead atoms. The molecule has 5 heteroatoms. The molecular formula is C15H13Cl2FOS. The Morgan fingerprint density at radius 3 is 2.65 bits per heavy atom. The number of hydrogen-bond donors (Lipinski definition) is 1. The molecule has 0 fully saturated rings. The molecule has 1 nitrogen and oxygen atoms in total. The first kappa shape index (κ1) is 15.6. The Bertz CT molecular complexity index is 592. The van der Waals surface area contributed by atoms with Crippen molar-refractivity contribution < 1.29 is 9.50 Å². The molecule has 0 saturated carbocycles. The van der Waals surface area contributed by atoms with E-state index in [0.717, 1.165) is 4.90 Å². The Kier molecular flexibility index (Phi) is 5.73. The molecule has 0 spiro atoms. The predicted molar refractivity (Wildman–Crippen MR) is 83.3 cm³/mol. The molecule has 0 heterocycles. The minimum absolute atomic E-state index is 0.0807. The van der Waals surface area contributed by atoms with E-state index < -0.39 is 11.9 Å². The molecule has 0 saturated heterocycles. The van der Waals surface area contributed by atoms with Crippen molar-refractivity contribution >= 4 is 35.0 Å². The molecule has 106 valence electrons. The van der Waals surface area contributed by atoms with Crippen molar-refractivity contribution in [1.82, 2.24) is 0 Å². The van der Waals surface area contributed by atoms with Gasteiger partial charge in [0.2, 0.25) is 0 Å². The Morgan fingerprint density at radius 2 is 1.90 bits per heavy atom. The highest BCUT2D eigenvalue weighted by atomic mass is 35.5. The van der Waals surface area contributed by atoms with Crippen molar-refractivity contribution in [2.75, 3.05) is 5.75 Å². The van der Waals surface area contributed by atoms with Gasteiger partial charge in [0.1, 0.15) is 5.82 Å². The third-order valence-corrected chi connectivity index (χ3v) is 4.39. The van der Waals surface area contributed by atoms with E-state index in [0.29, 0.717) is 16.3 Å². The highest BCUT2D eigenvalue weighted by molar-refractivity contribution is 7.99. The molecule has 0 aliphatic rings. The van der Waals surface area contributed by atoms with Gasteiger partial charge in [-0.25, -0.2) is 4.39 Å². The van der Waals surface area contributed by atoms with Crippen LogP contribution in [0.15, 0.2) is 47.4 Å². The molecule has 1 N–H and O–H groups in total. The second kappa shape index (κ2) is 7.32. The third-order valence-electron chi connectivity index (χ3n) is 2.73. The normalized spacial score (nSPS) is 12.4. The summed E-state index contributed by atoms with van der Waals surface area (Å²) in [5.74, 6) is 0.00715. The second-order valence-electron chi connectivity index (χ2n) is 4.34. The van der Waals surface area contributed by atoms with Crippen LogP contribution in [-0.2, 0) is 6.42 Å². The fraction of sp³-hybridized carbons (Fsp3) is 0.200. The summed E-state index contributed by atoms with van der Waals surface area (Å²) in [4.78, 5) is 0.975. The molecule has 1 atom stereocenters. The van der Waals surface area contributed by atoms with Crippen LogP contribution in [0.5, 0.6) is 0 Å². The lowest BCUT2D eigenvalue weighted by Gasteiger charge is -2.11. The fourth-order valence-electron chi connectivity index (χ4n) is 1.77. The lowest BCUT2D eigenvalue weighted by atomic mass is 10.1. The van der Waals surface area contributed by atoms with Gasteiger partial charge in [0.15, 0.2) is 0 Å². The molecule has 0 aliphatic heterocycles. The predicted octanol–water partition coefficient (Wildman–Crippen LogP) is 4.83. The van der Waals surface area contributed by atoms with Crippen molar-refractivity contribution in [2.24, 2.45) is 0 Å². The van der Waals surface area contributed by atoms with Crippen LogP contribution in [0.3, 0.4) is 0 Å². The molecule has 0 radical (unpaired) electrons. The van der Waals surface area contributed by atoms with Crippen LogP contribution in [-0.4, -0.2) is 17.0 Å². The first-order valence-corrected chi connectivity index (χ1v) is 7.79. The Balaban J connectivity index is 1.92. The lowest BCUT2D eigenvalue weighted by Crippen LogP contribution is -2.14. The van der Waals surface area contributed by atoms with Gasteiger partial charge in [0, 0.05) is 22.1 Å². The van der Waals surface area contributed by atoms with Crippen molar-refractivity contribution in [3.63, 3.8) is 0 Å². The topological polar surface area (TPSA) is 20.2 Å². The van der Waals surface area contributed by atoms with Gasteiger partial charge in [0.25, 0.3) is 0 Å². The van der Waals surface area contributed by atoms with E-state index in [1.807, 2.05) is 18.2 Å². The van der Waals surface area contributed by atoms with Gasteiger partial charge in [-0.15, -0.1) is 11.8 Å². The molecule has 0 amide bonds. The number of aliphatic hydroxyl groups excluding tert-OH is 1. The van der Waals surface area contributed by atoms with E-state index >= 15 is 0 Å². The molecule has 1 unspecified atom stereocenters. The van der Waals surface area contributed by atoms with E-state index in [1.54, 1.807) is 18.2 Å². The molecule has 2 aromatic carbocycles. The first-order chi connectivity index (χ1) is 9.56. The van der Waals surface area contributed by atoms with Crippen molar-refractivity contribution in [2.45, 2.75) is 17.4 Å². The lowest BCUT2D eigenvalue weighted by molar-refractivity contribution is 0.199. The summed E-state index contributed by atoms with van der Waals surface area (Å²) in [6, 6.07) is 12.2. The van der Waals surface area contributed by atoms with Gasteiger partial charge < -0.3 is 5.11 Å². The number of halogens is 3. The summed E-state index contributed by atoms with van der Waals surface area (Å²) in [5, 5.41) is 10.7.